The van der Waals surface area contributed by atoms with Gasteiger partial charge in [-0.25, -0.2) is 4.98 Å². The molecule has 4 heteroatoms. The van der Waals surface area contributed by atoms with E-state index in [0.717, 1.165) is 37.3 Å². The Labute approximate surface area is 114 Å². The molecule has 0 unspecified atom stereocenters. The zero-order valence-electron chi connectivity index (χ0n) is 11.8. The van der Waals surface area contributed by atoms with Crippen molar-refractivity contribution < 1.29 is 4.79 Å². The van der Waals surface area contributed by atoms with Crippen LogP contribution in [0.25, 0.3) is 0 Å². The van der Waals surface area contributed by atoms with Crippen LogP contribution in [0.2, 0.25) is 0 Å². The van der Waals surface area contributed by atoms with Crippen LogP contribution in [0.4, 0.5) is 0 Å². The zero-order valence-corrected chi connectivity index (χ0v) is 11.8. The Bertz CT molecular complexity index is 450. The molecule has 1 fully saturated rings. The van der Waals surface area contributed by atoms with E-state index in [9.17, 15) is 4.79 Å². The monoisotopic (exact) mass is 261 g/mol. The highest BCUT2D eigenvalue weighted by Gasteiger charge is 2.34. The highest BCUT2D eigenvalue weighted by Crippen LogP contribution is 2.31. The maximum absolute atomic E-state index is 12.3. The van der Waals surface area contributed by atoms with E-state index in [2.05, 4.69) is 17.2 Å². The van der Waals surface area contributed by atoms with Crippen LogP contribution in [0, 0.1) is 12.8 Å². The molecule has 4 nitrogen and oxygen atoms in total. The van der Waals surface area contributed by atoms with E-state index in [1.165, 1.54) is 0 Å². The van der Waals surface area contributed by atoms with Crippen molar-refractivity contribution in [2.75, 3.05) is 6.54 Å². The predicted octanol–water partition coefficient (Wildman–Crippen LogP) is 2.03. The van der Waals surface area contributed by atoms with Crippen molar-refractivity contribution in [3.63, 3.8) is 0 Å². The van der Waals surface area contributed by atoms with E-state index >= 15 is 0 Å². The number of aromatic nitrogens is 1. The van der Waals surface area contributed by atoms with Crippen molar-refractivity contribution in [2.24, 2.45) is 11.7 Å². The van der Waals surface area contributed by atoms with E-state index < -0.39 is 0 Å². The number of nitrogens with two attached hydrogens (primary N) is 1. The maximum atomic E-state index is 12.3. The molecule has 0 atom stereocenters. The lowest BCUT2D eigenvalue weighted by Crippen LogP contribution is -2.55. The van der Waals surface area contributed by atoms with Gasteiger partial charge in [-0.1, -0.05) is 13.0 Å². The van der Waals surface area contributed by atoms with Crippen molar-refractivity contribution in [2.45, 2.75) is 45.1 Å². The molecule has 0 radical (unpaired) electrons. The first-order chi connectivity index (χ1) is 9.04. The minimum Gasteiger partial charge on any atom is -0.344 e. The summed E-state index contributed by atoms with van der Waals surface area (Å²) in [6, 6.07) is 5.49. The second kappa shape index (κ2) is 5.70. The summed E-state index contributed by atoms with van der Waals surface area (Å²) in [5.74, 6) is 0.623. The minimum absolute atomic E-state index is 0.108. The summed E-state index contributed by atoms with van der Waals surface area (Å²) < 4.78 is 0. The maximum Gasteiger partial charge on any atom is 0.270 e. The summed E-state index contributed by atoms with van der Waals surface area (Å²) in [7, 11) is 0. The second-order valence-electron chi connectivity index (χ2n) is 5.79. The summed E-state index contributed by atoms with van der Waals surface area (Å²) in [6.07, 6.45) is 4.17. The normalized spacial score (nSPS) is 27.0. The number of rotatable bonds is 3. The molecule has 0 saturated heterocycles. The molecule has 2 rings (SSSR count). The number of pyridine rings is 1. The molecular weight excluding hydrogens is 238 g/mol. The third-order valence-corrected chi connectivity index (χ3v) is 4.12. The van der Waals surface area contributed by atoms with Crippen LogP contribution in [0.15, 0.2) is 18.2 Å². The minimum atomic E-state index is -0.241. The number of hydrogen-bond acceptors (Lipinski definition) is 3. The van der Waals surface area contributed by atoms with Crippen LogP contribution >= 0.6 is 0 Å². The quantitative estimate of drug-likeness (QED) is 0.874. The lowest BCUT2D eigenvalue weighted by Gasteiger charge is -2.39. The first-order valence-corrected chi connectivity index (χ1v) is 7.01. The second-order valence-corrected chi connectivity index (χ2v) is 5.79. The molecule has 1 saturated carbocycles. The van der Waals surface area contributed by atoms with Gasteiger partial charge in [0.1, 0.15) is 5.69 Å². The van der Waals surface area contributed by atoms with Crippen molar-refractivity contribution in [1.29, 1.82) is 0 Å². The summed E-state index contributed by atoms with van der Waals surface area (Å²) in [5.41, 5.74) is 7.00. The van der Waals surface area contributed by atoms with Crippen LogP contribution in [0.1, 0.15) is 48.8 Å². The lowest BCUT2D eigenvalue weighted by atomic mass is 9.77. The van der Waals surface area contributed by atoms with Crippen molar-refractivity contribution >= 4 is 5.91 Å². The van der Waals surface area contributed by atoms with E-state index in [4.69, 9.17) is 5.73 Å². The number of carbonyl (C=O) groups is 1. The SMILES string of the molecule is Cc1cccc(C(=O)NC2(CN)CCC(C)CC2)n1. The van der Waals surface area contributed by atoms with E-state index in [1.54, 1.807) is 6.07 Å². The molecule has 1 amide bonds. The Balaban J connectivity index is 2.08. The van der Waals surface area contributed by atoms with Crippen LogP contribution in [-0.2, 0) is 0 Å². The van der Waals surface area contributed by atoms with Crippen LogP contribution in [0.3, 0.4) is 0 Å². The van der Waals surface area contributed by atoms with Gasteiger partial charge in [-0.2, -0.15) is 0 Å². The van der Waals surface area contributed by atoms with Crippen molar-refractivity contribution in [3.05, 3.63) is 29.6 Å². The van der Waals surface area contributed by atoms with Gasteiger partial charge < -0.3 is 11.1 Å². The number of nitrogens with zero attached hydrogens (tertiary/aromatic N) is 1. The average Bonchev–Trinajstić information content (AvgIpc) is 2.42. The van der Waals surface area contributed by atoms with Gasteiger partial charge in [-0.3, -0.25) is 4.79 Å². The number of amides is 1. The fourth-order valence-corrected chi connectivity index (χ4v) is 2.67. The van der Waals surface area contributed by atoms with Gasteiger partial charge in [0.2, 0.25) is 0 Å². The van der Waals surface area contributed by atoms with Gasteiger partial charge in [-0.15, -0.1) is 0 Å². The molecule has 0 aliphatic heterocycles. The first-order valence-electron chi connectivity index (χ1n) is 7.01. The smallest absolute Gasteiger partial charge is 0.270 e. The fourth-order valence-electron chi connectivity index (χ4n) is 2.67. The molecule has 0 spiro atoms. The van der Waals surface area contributed by atoms with Crippen LogP contribution < -0.4 is 11.1 Å². The Hall–Kier alpha value is -1.42. The molecule has 1 aliphatic carbocycles. The zero-order chi connectivity index (χ0) is 13.9. The van der Waals surface area contributed by atoms with E-state index in [1.807, 2.05) is 19.1 Å². The van der Waals surface area contributed by atoms with Crippen LogP contribution in [-0.4, -0.2) is 23.0 Å². The van der Waals surface area contributed by atoms with Gasteiger partial charge in [0.05, 0.1) is 5.54 Å². The molecule has 1 aromatic heterocycles. The predicted molar refractivity (Wildman–Crippen MR) is 75.9 cm³/mol. The molecular formula is C15H23N3O. The third-order valence-electron chi connectivity index (χ3n) is 4.12. The highest BCUT2D eigenvalue weighted by molar-refractivity contribution is 5.92. The molecule has 3 N–H and O–H groups in total. The summed E-state index contributed by atoms with van der Waals surface area (Å²) in [4.78, 5) is 16.5. The standard InChI is InChI=1S/C15H23N3O/c1-11-6-8-15(10-16,9-7-11)18-14(19)13-5-3-4-12(2)17-13/h3-5,11H,6-10,16H2,1-2H3,(H,18,19). The number of aryl methyl sites for hydroxylation is 1. The molecule has 0 aromatic carbocycles. The Morgan fingerprint density at radius 3 is 2.74 bits per heavy atom. The Kier molecular flexibility index (Phi) is 4.20. The molecule has 0 bridgehead atoms. The van der Waals surface area contributed by atoms with Crippen molar-refractivity contribution in [3.8, 4) is 0 Å². The summed E-state index contributed by atoms with van der Waals surface area (Å²) >= 11 is 0. The molecule has 1 aliphatic rings. The number of nitrogens with one attached hydrogen (secondary N) is 1. The number of hydrogen-bond donors (Lipinski definition) is 2. The molecule has 104 valence electrons. The largest absolute Gasteiger partial charge is 0.344 e. The Morgan fingerprint density at radius 1 is 1.47 bits per heavy atom. The van der Waals surface area contributed by atoms with Gasteiger partial charge in [0.25, 0.3) is 5.91 Å². The average molecular weight is 261 g/mol. The van der Waals surface area contributed by atoms with Gasteiger partial charge in [0, 0.05) is 12.2 Å². The summed E-state index contributed by atoms with van der Waals surface area (Å²) in [6.45, 7) is 4.64. The molecule has 1 heterocycles. The van der Waals surface area contributed by atoms with Gasteiger partial charge >= 0.3 is 0 Å². The first kappa shape index (κ1) is 14.0. The van der Waals surface area contributed by atoms with Gasteiger partial charge in [-0.05, 0) is 50.7 Å². The topological polar surface area (TPSA) is 68.0 Å². The Morgan fingerprint density at radius 2 is 2.16 bits per heavy atom. The number of carbonyl (C=O) groups excluding carboxylic acids is 1. The third kappa shape index (κ3) is 3.32. The van der Waals surface area contributed by atoms with Crippen LogP contribution in [0.5, 0.6) is 0 Å². The van der Waals surface area contributed by atoms with E-state index in [0.29, 0.717) is 12.2 Å². The van der Waals surface area contributed by atoms with Crippen molar-refractivity contribution in [1.82, 2.24) is 10.3 Å². The molecule has 1 aromatic rings. The van der Waals surface area contributed by atoms with E-state index in [-0.39, 0.29) is 11.4 Å². The fraction of sp³-hybridized carbons (Fsp3) is 0.600. The van der Waals surface area contributed by atoms with Gasteiger partial charge in [0.15, 0.2) is 0 Å². The summed E-state index contributed by atoms with van der Waals surface area (Å²) in [5, 5.41) is 3.12. The lowest BCUT2D eigenvalue weighted by molar-refractivity contribution is 0.0854. The molecule has 19 heavy (non-hydrogen) atoms. The highest BCUT2D eigenvalue weighted by atomic mass is 16.2.